The first-order chi connectivity index (χ1) is 10.7. The first kappa shape index (κ1) is 14.9. The van der Waals surface area contributed by atoms with Crippen molar-refractivity contribution < 1.29 is 4.74 Å². The van der Waals surface area contributed by atoms with Crippen molar-refractivity contribution in [3.05, 3.63) is 41.7 Å². The van der Waals surface area contributed by atoms with Gasteiger partial charge in [-0.25, -0.2) is 4.98 Å². The summed E-state index contributed by atoms with van der Waals surface area (Å²) in [6.45, 7) is 0. The van der Waals surface area contributed by atoms with Gasteiger partial charge in [-0.2, -0.15) is 0 Å². The second-order valence-corrected chi connectivity index (χ2v) is 6.31. The number of benzene rings is 1. The summed E-state index contributed by atoms with van der Waals surface area (Å²) < 4.78 is 7.04. The van der Waals surface area contributed by atoms with Crippen molar-refractivity contribution in [2.75, 3.05) is 12.4 Å². The molecule has 1 aromatic carbocycles. The number of nitrogens with one attached hydrogen (secondary N) is 1. The van der Waals surface area contributed by atoms with Crippen LogP contribution in [0.5, 0.6) is 5.75 Å². The minimum atomic E-state index is 0.771. The fraction of sp³-hybridized carbons (Fsp3) is 0.214. The molecule has 114 valence electrons. The highest BCUT2D eigenvalue weighted by molar-refractivity contribution is 7.98. The Labute approximate surface area is 136 Å². The van der Waals surface area contributed by atoms with Crippen molar-refractivity contribution in [3.63, 3.8) is 0 Å². The molecule has 8 heteroatoms. The summed E-state index contributed by atoms with van der Waals surface area (Å²) in [4.78, 5) is 4.58. The summed E-state index contributed by atoms with van der Waals surface area (Å²) in [7, 11) is 3.59. The van der Waals surface area contributed by atoms with Crippen LogP contribution in [0.25, 0.3) is 0 Å². The number of anilines is 2. The Hall–Kier alpha value is -2.06. The second kappa shape index (κ2) is 6.80. The van der Waals surface area contributed by atoms with Gasteiger partial charge in [0.1, 0.15) is 12.1 Å². The zero-order valence-electron chi connectivity index (χ0n) is 12.2. The van der Waals surface area contributed by atoms with E-state index >= 15 is 0 Å². The third kappa shape index (κ3) is 3.58. The standard InChI is InChI=1S/C14H15N5OS2/c1-19-9-15-18-14(19)22-8-11-7-21-13(17-11)16-10-3-5-12(20-2)6-4-10/h3-7,9H,8H2,1-2H3,(H,16,17). The SMILES string of the molecule is COc1ccc(Nc2nc(CSc3nncn3C)cs2)cc1. The number of aromatic nitrogens is 4. The highest BCUT2D eigenvalue weighted by Gasteiger charge is 2.06. The van der Waals surface area contributed by atoms with Crippen LogP contribution in [0.1, 0.15) is 5.69 Å². The molecule has 0 bridgehead atoms. The Kier molecular flexibility index (Phi) is 4.59. The van der Waals surface area contributed by atoms with Crippen LogP contribution in [-0.2, 0) is 12.8 Å². The highest BCUT2D eigenvalue weighted by Crippen LogP contribution is 2.26. The van der Waals surface area contributed by atoms with E-state index in [1.165, 1.54) is 0 Å². The monoisotopic (exact) mass is 333 g/mol. The number of thiazole rings is 1. The normalized spacial score (nSPS) is 10.6. The smallest absolute Gasteiger partial charge is 0.191 e. The number of rotatable bonds is 6. The van der Waals surface area contributed by atoms with E-state index in [4.69, 9.17) is 4.74 Å². The predicted octanol–water partition coefficient (Wildman–Crippen LogP) is 3.32. The van der Waals surface area contributed by atoms with Crippen molar-refractivity contribution in [2.45, 2.75) is 10.9 Å². The van der Waals surface area contributed by atoms with Gasteiger partial charge in [-0.15, -0.1) is 21.5 Å². The van der Waals surface area contributed by atoms with E-state index in [1.54, 1.807) is 36.5 Å². The maximum Gasteiger partial charge on any atom is 0.191 e. The van der Waals surface area contributed by atoms with Crippen LogP contribution in [0.4, 0.5) is 10.8 Å². The van der Waals surface area contributed by atoms with Gasteiger partial charge in [-0.1, -0.05) is 11.8 Å². The molecular weight excluding hydrogens is 318 g/mol. The van der Waals surface area contributed by atoms with Gasteiger partial charge >= 0.3 is 0 Å². The van der Waals surface area contributed by atoms with Crippen molar-refractivity contribution in [3.8, 4) is 5.75 Å². The van der Waals surface area contributed by atoms with E-state index in [-0.39, 0.29) is 0 Å². The average Bonchev–Trinajstić information content (AvgIpc) is 3.15. The molecule has 0 saturated carbocycles. The van der Waals surface area contributed by atoms with E-state index in [0.29, 0.717) is 0 Å². The van der Waals surface area contributed by atoms with Crippen LogP contribution in [-0.4, -0.2) is 26.9 Å². The van der Waals surface area contributed by atoms with Gasteiger partial charge in [0.25, 0.3) is 0 Å². The predicted molar refractivity (Wildman–Crippen MR) is 89.0 cm³/mol. The van der Waals surface area contributed by atoms with Crippen LogP contribution in [0.15, 0.2) is 41.1 Å². The maximum atomic E-state index is 5.14. The summed E-state index contributed by atoms with van der Waals surface area (Å²) in [5.41, 5.74) is 2.01. The van der Waals surface area contributed by atoms with Gasteiger partial charge in [0.05, 0.1) is 12.8 Å². The van der Waals surface area contributed by atoms with Crippen LogP contribution in [0.2, 0.25) is 0 Å². The number of thioether (sulfide) groups is 1. The Balaban J connectivity index is 1.59. The van der Waals surface area contributed by atoms with E-state index in [2.05, 4.69) is 25.9 Å². The lowest BCUT2D eigenvalue weighted by molar-refractivity contribution is 0.415. The molecule has 2 heterocycles. The molecule has 0 atom stereocenters. The lowest BCUT2D eigenvalue weighted by Gasteiger charge is -2.04. The Morgan fingerprint density at radius 1 is 1.32 bits per heavy atom. The molecule has 0 spiro atoms. The van der Waals surface area contributed by atoms with Crippen LogP contribution in [0, 0.1) is 0 Å². The minimum Gasteiger partial charge on any atom is -0.497 e. The maximum absolute atomic E-state index is 5.14. The molecule has 22 heavy (non-hydrogen) atoms. The first-order valence-corrected chi connectivity index (χ1v) is 8.43. The van der Waals surface area contributed by atoms with Crippen molar-refractivity contribution in [1.82, 2.24) is 19.7 Å². The summed E-state index contributed by atoms with van der Waals surface area (Å²) in [5, 5.41) is 15.0. The van der Waals surface area contributed by atoms with E-state index in [0.717, 1.165) is 33.2 Å². The summed E-state index contributed by atoms with van der Waals surface area (Å²) in [6.07, 6.45) is 1.69. The summed E-state index contributed by atoms with van der Waals surface area (Å²) >= 11 is 3.21. The molecule has 0 amide bonds. The third-order valence-electron chi connectivity index (χ3n) is 2.91. The molecule has 0 saturated heterocycles. The van der Waals surface area contributed by atoms with Crippen molar-refractivity contribution >= 4 is 33.9 Å². The third-order valence-corrected chi connectivity index (χ3v) is 4.79. The molecule has 3 rings (SSSR count). The number of aryl methyl sites for hydroxylation is 1. The van der Waals surface area contributed by atoms with Crippen LogP contribution < -0.4 is 10.1 Å². The number of methoxy groups -OCH3 is 1. The summed E-state index contributed by atoms with van der Waals surface area (Å²) in [5.74, 6) is 1.61. The molecule has 6 nitrogen and oxygen atoms in total. The number of ether oxygens (including phenoxy) is 1. The molecule has 0 aliphatic rings. The highest BCUT2D eigenvalue weighted by atomic mass is 32.2. The van der Waals surface area contributed by atoms with E-state index in [9.17, 15) is 0 Å². The van der Waals surface area contributed by atoms with Gasteiger partial charge in [0, 0.05) is 23.9 Å². The van der Waals surface area contributed by atoms with Gasteiger partial charge in [0.2, 0.25) is 0 Å². The zero-order valence-corrected chi connectivity index (χ0v) is 13.8. The Bertz CT molecular complexity index is 738. The largest absolute Gasteiger partial charge is 0.497 e. The average molecular weight is 333 g/mol. The van der Waals surface area contributed by atoms with Crippen LogP contribution >= 0.6 is 23.1 Å². The zero-order chi connectivity index (χ0) is 15.4. The fourth-order valence-electron chi connectivity index (χ4n) is 1.77. The minimum absolute atomic E-state index is 0.771. The summed E-state index contributed by atoms with van der Waals surface area (Å²) in [6, 6.07) is 7.77. The van der Waals surface area contributed by atoms with Crippen molar-refractivity contribution in [1.29, 1.82) is 0 Å². The number of nitrogens with zero attached hydrogens (tertiary/aromatic N) is 4. The van der Waals surface area contributed by atoms with Crippen LogP contribution in [0.3, 0.4) is 0 Å². The number of hydrogen-bond acceptors (Lipinski definition) is 7. The van der Waals surface area contributed by atoms with E-state index in [1.807, 2.05) is 35.9 Å². The topological polar surface area (TPSA) is 64.9 Å². The quantitative estimate of drug-likeness (QED) is 0.698. The molecule has 0 aliphatic heterocycles. The molecule has 0 unspecified atom stereocenters. The van der Waals surface area contributed by atoms with Gasteiger partial charge in [0.15, 0.2) is 10.3 Å². The molecule has 0 aliphatic carbocycles. The van der Waals surface area contributed by atoms with Gasteiger partial charge in [-0.05, 0) is 24.3 Å². The Morgan fingerprint density at radius 3 is 2.82 bits per heavy atom. The molecule has 3 aromatic rings. The molecular formula is C14H15N5OS2. The second-order valence-electron chi connectivity index (χ2n) is 4.51. The molecule has 2 aromatic heterocycles. The van der Waals surface area contributed by atoms with Gasteiger partial charge < -0.3 is 14.6 Å². The lowest BCUT2D eigenvalue weighted by Crippen LogP contribution is -1.92. The van der Waals surface area contributed by atoms with Crippen molar-refractivity contribution in [2.24, 2.45) is 7.05 Å². The molecule has 0 radical (unpaired) electrons. The number of hydrogen-bond donors (Lipinski definition) is 1. The molecule has 1 N–H and O–H groups in total. The fourth-order valence-corrected chi connectivity index (χ4v) is 3.39. The van der Waals surface area contributed by atoms with Gasteiger partial charge in [-0.3, -0.25) is 0 Å². The lowest BCUT2D eigenvalue weighted by atomic mass is 10.3. The molecule has 0 fully saturated rings. The van der Waals surface area contributed by atoms with E-state index < -0.39 is 0 Å². The Morgan fingerprint density at radius 2 is 2.14 bits per heavy atom. The first-order valence-electron chi connectivity index (χ1n) is 6.57.